The van der Waals surface area contributed by atoms with Gasteiger partial charge in [-0.05, 0) is 19.9 Å². The third-order valence-corrected chi connectivity index (χ3v) is 3.32. The summed E-state index contributed by atoms with van der Waals surface area (Å²) in [5, 5.41) is -0.185. The van der Waals surface area contributed by atoms with Crippen molar-refractivity contribution in [3.63, 3.8) is 0 Å². The van der Waals surface area contributed by atoms with Gasteiger partial charge < -0.3 is 9.30 Å². The molecule has 2 aromatic rings. The van der Waals surface area contributed by atoms with E-state index in [9.17, 15) is 4.39 Å². The third kappa shape index (κ3) is 3.02. The quantitative estimate of drug-likeness (QED) is 0.612. The largest absolute Gasteiger partial charge is 0.380 e. The highest BCUT2D eigenvalue weighted by atomic mass is 35.5. The lowest BCUT2D eigenvalue weighted by molar-refractivity contribution is 0.139. The summed E-state index contributed by atoms with van der Waals surface area (Å²) in [6, 6.07) is 2.91. The van der Waals surface area contributed by atoms with Crippen LogP contribution in [0.2, 0.25) is 5.02 Å². The van der Waals surface area contributed by atoms with Gasteiger partial charge in [0.15, 0.2) is 0 Å². The minimum atomic E-state index is -0.475. The number of fused-ring (bicyclic) bond motifs is 1. The van der Waals surface area contributed by atoms with Crippen molar-refractivity contribution in [2.24, 2.45) is 0 Å². The van der Waals surface area contributed by atoms with Crippen LogP contribution in [0.1, 0.15) is 25.0 Å². The molecule has 1 atom stereocenters. The van der Waals surface area contributed by atoms with E-state index < -0.39 is 5.82 Å². The molecule has 1 aromatic carbocycles. The molecular weight excluding hydrogens is 290 g/mol. The van der Waals surface area contributed by atoms with Crippen LogP contribution in [0, 0.1) is 5.82 Å². The lowest BCUT2D eigenvalue weighted by Gasteiger charge is -2.10. The number of hydrogen-bond acceptors (Lipinski definition) is 2. The van der Waals surface area contributed by atoms with Gasteiger partial charge in [-0.25, -0.2) is 9.37 Å². The van der Waals surface area contributed by atoms with E-state index in [2.05, 4.69) is 4.98 Å². The Morgan fingerprint density at radius 2 is 2.21 bits per heavy atom. The summed E-state index contributed by atoms with van der Waals surface area (Å²) < 4.78 is 20.7. The van der Waals surface area contributed by atoms with Gasteiger partial charge in [-0.2, -0.15) is 0 Å². The molecule has 1 unspecified atom stereocenters. The summed E-state index contributed by atoms with van der Waals surface area (Å²) in [6.45, 7) is 5.57. The van der Waals surface area contributed by atoms with Gasteiger partial charge in [0, 0.05) is 19.2 Å². The number of ether oxygens (including phenoxy) is 1. The Labute approximate surface area is 121 Å². The zero-order valence-corrected chi connectivity index (χ0v) is 12.3. The average Bonchev–Trinajstić information content (AvgIpc) is 2.69. The molecule has 1 aromatic heterocycles. The van der Waals surface area contributed by atoms with E-state index in [-0.39, 0.29) is 10.4 Å². The number of aromatic nitrogens is 2. The maximum atomic E-state index is 13.5. The van der Waals surface area contributed by atoms with E-state index in [4.69, 9.17) is 27.9 Å². The van der Waals surface area contributed by atoms with Crippen LogP contribution in [0.4, 0.5) is 4.39 Å². The molecule has 0 bridgehead atoms. The molecule has 6 heteroatoms. The maximum absolute atomic E-state index is 13.5. The van der Waals surface area contributed by atoms with Crippen molar-refractivity contribution in [2.75, 3.05) is 13.2 Å². The lowest BCUT2D eigenvalue weighted by Crippen LogP contribution is -2.09. The minimum absolute atomic E-state index is 0.0823. The Bertz CT molecular complexity index is 584. The highest BCUT2D eigenvalue weighted by Crippen LogP contribution is 2.28. The predicted octanol–water partition coefficient (Wildman–Crippen LogP) is 4.17. The van der Waals surface area contributed by atoms with Crippen molar-refractivity contribution in [1.82, 2.24) is 9.55 Å². The first-order chi connectivity index (χ1) is 9.04. The molecule has 104 valence electrons. The summed E-state index contributed by atoms with van der Waals surface area (Å²) in [6.07, 6.45) is 0. The summed E-state index contributed by atoms with van der Waals surface area (Å²) in [7, 11) is 0. The zero-order valence-electron chi connectivity index (χ0n) is 10.8. The topological polar surface area (TPSA) is 27.1 Å². The van der Waals surface area contributed by atoms with Crippen molar-refractivity contribution in [3.8, 4) is 0 Å². The Morgan fingerprint density at radius 1 is 1.47 bits per heavy atom. The highest BCUT2D eigenvalue weighted by molar-refractivity contribution is 6.31. The van der Waals surface area contributed by atoms with E-state index in [1.165, 1.54) is 6.07 Å². The molecule has 0 aliphatic heterocycles. The van der Waals surface area contributed by atoms with Crippen LogP contribution >= 0.6 is 23.2 Å². The fourth-order valence-electron chi connectivity index (χ4n) is 1.98. The van der Waals surface area contributed by atoms with Gasteiger partial charge >= 0.3 is 0 Å². The normalized spacial score (nSPS) is 13.1. The number of rotatable bonds is 5. The monoisotopic (exact) mass is 304 g/mol. The second-order valence-electron chi connectivity index (χ2n) is 4.19. The number of hydrogen-bond donors (Lipinski definition) is 0. The second-order valence-corrected chi connectivity index (χ2v) is 5.25. The molecular formula is C13H15Cl2FN2O. The van der Waals surface area contributed by atoms with Gasteiger partial charge in [0.05, 0.1) is 28.0 Å². The zero-order chi connectivity index (χ0) is 14.0. The van der Waals surface area contributed by atoms with Crippen molar-refractivity contribution in [3.05, 3.63) is 28.8 Å². The number of imidazole rings is 1. The van der Waals surface area contributed by atoms with Gasteiger partial charge in [0.2, 0.25) is 0 Å². The van der Waals surface area contributed by atoms with Gasteiger partial charge in [-0.3, -0.25) is 0 Å². The first-order valence-electron chi connectivity index (χ1n) is 6.11. The van der Waals surface area contributed by atoms with Crippen LogP contribution in [0.3, 0.4) is 0 Å². The smallest absolute Gasteiger partial charge is 0.144 e. The van der Waals surface area contributed by atoms with Crippen LogP contribution in [0.25, 0.3) is 11.0 Å². The van der Waals surface area contributed by atoms with Crippen LogP contribution in [0.15, 0.2) is 12.1 Å². The van der Waals surface area contributed by atoms with Crippen molar-refractivity contribution < 1.29 is 9.13 Å². The summed E-state index contributed by atoms with van der Waals surface area (Å²) in [5.41, 5.74) is 1.33. The molecule has 2 rings (SSSR count). The average molecular weight is 305 g/mol. The van der Waals surface area contributed by atoms with E-state index in [1.54, 1.807) is 6.07 Å². The number of benzene rings is 1. The molecule has 0 fully saturated rings. The van der Waals surface area contributed by atoms with Gasteiger partial charge in [0.25, 0.3) is 0 Å². The van der Waals surface area contributed by atoms with Crippen molar-refractivity contribution in [2.45, 2.75) is 25.8 Å². The molecule has 19 heavy (non-hydrogen) atoms. The Morgan fingerprint density at radius 3 is 2.84 bits per heavy atom. The number of alkyl halides is 1. The minimum Gasteiger partial charge on any atom is -0.380 e. The second kappa shape index (κ2) is 6.07. The van der Waals surface area contributed by atoms with Gasteiger partial charge in [-0.1, -0.05) is 11.6 Å². The van der Waals surface area contributed by atoms with E-state index in [1.807, 2.05) is 18.4 Å². The van der Waals surface area contributed by atoms with Crippen molar-refractivity contribution in [1.29, 1.82) is 0 Å². The molecule has 0 amide bonds. The van der Waals surface area contributed by atoms with E-state index in [0.717, 1.165) is 5.52 Å². The van der Waals surface area contributed by atoms with E-state index >= 15 is 0 Å². The van der Waals surface area contributed by atoms with Crippen LogP contribution in [0.5, 0.6) is 0 Å². The standard InChI is InChI=1S/C13H15Cl2FN2O/c1-3-19-5-4-18-12-6-9(15)10(16)7-11(12)17-13(18)8(2)14/h6-8H,3-5H2,1-2H3. The molecule has 0 spiro atoms. The Balaban J connectivity index is 2.49. The first-order valence-corrected chi connectivity index (χ1v) is 6.93. The van der Waals surface area contributed by atoms with Crippen LogP contribution in [-0.2, 0) is 11.3 Å². The summed E-state index contributed by atoms with van der Waals surface area (Å²) in [4.78, 5) is 4.37. The third-order valence-electron chi connectivity index (χ3n) is 2.84. The maximum Gasteiger partial charge on any atom is 0.144 e. The highest BCUT2D eigenvalue weighted by Gasteiger charge is 2.16. The van der Waals surface area contributed by atoms with Crippen LogP contribution < -0.4 is 0 Å². The molecule has 0 saturated heterocycles. The SMILES string of the molecule is CCOCCn1c(C(C)Cl)nc2cc(F)c(Cl)cc21. The fourth-order valence-corrected chi connectivity index (χ4v) is 2.30. The lowest BCUT2D eigenvalue weighted by atomic mass is 10.3. The van der Waals surface area contributed by atoms with Crippen molar-refractivity contribution >= 4 is 34.2 Å². The number of nitrogens with zero attached hydrogens (tertiary/aromatic N) is 2. The van der Waals surface area contributed by atoms with Gasteiger partial charge in [0.1, 0.15) is 11.6 Å². The molecule has 0 aliphatic rings. The Kier molecular flexibility index (Phi) is 4.66. The molecule has 0 N–H and O–H groups in total. The number of halogens is 3. The van der Waals surface area contributed by atoms with Gasteiger partial charge in [-0.15, -0.1) is 11.6 Å². The van der Waals surface area contributed by atoms with E-state index in [0.29, 0.717) is 31.1 Å². The molecule has 0 radical (unpaired) electrons. The molecule has 0 saturated carbocycles. The first kappa shape index (κ1) is 14.6. The summed E-state index contributed by atoms with van der Waals surface area (Å²) in [5.74, 6) is 0.218. The molecule has 0 aliphatic carbocycles. The predicted molar refractivity (Wildman–Crippen MR) is 75.5 cm³/mol. The molecule has 3 nitrogen and oxygen atoms in total. The fraction of sp³-hybridized carbons (Fsp3) is 0.462. The Hall–Kier alpha value is -0.840. The van der Waals surface area contributed by atoms with Crippen LogP contribution in [-0.4, -0.2) is 22.8 Å². The molecule has 1 heterocycles. The summed E-state index contributed by atoms with van der Waals surface area (Å²) >= 11 is 12.0.